The van der Waals surface area contributed by atoms with Crippen molar-refractivity contribution in [1.82, 2.24) is 14.3 Å². The number of primary amides is 1. The third-order valence-corrected chi connectivity index (χ3v) is 6.34. The van der Waals surface area contributed by atoms with Crippen LogP contribution in [0.1, 0.15) is 32.9 Å². The molecule has 3 N–H and O–H groups in total. The molecule has 162 valence electrons. The lowest BCUT2D eigenvalue weighted by Gasteiger charge is -2.13. The van der Waals surface area contributed by atoms with E-state index in [4.69, 9.17) is 5.73 Å². The number of nitrogens with one attached hydrogen (secondary N) is 1. The van der Waals surface area contributed by atoms with Gasteiger partial charge in [0.25, 0.3) is 11.5 Å². The van der Waals surface area contributed by atoms with E-state index in [0.717, 1.165) is 28.6 Å². The molecule has 0 fully saturated rings. The Morgan fingerprint density at radius 2 is 1.74 bits per heavy atom. The highest BCUT2D eigenvalue weighted by Crippen LogP contribution is 2.27. The molecular formula is C22H25N5O3S. The van der Waals surface area contributed by atoms with Crippen LogP contribution in [-0.2, 0) is 11.8 Å². The van der Waals surface area contributed by atoms with E-state index < -0.39 is 5.91 Å². The zero-order chi connectivity index (χ0) is 22.9. The Bertz CT molecular complexity index is 1230. The zero-order valence-corrected chi connectivity index (χ0v) is 19.0. The number of nitrogens with two attached hydrogens (primary N) is 1. The van der Waals surface area contributed by atoms with Gasteiger partial charge in [-0.25, -0.2) is 9.67 Å². The van der Waals surface area contributed by atoms with E-state index in [1.165, 1.54) is 4.68 Å². The molecule has 8 nitrogen and oxygen atoms in total. The average molecular weight is 440 g/mol. The molecule has 31 heavy (non-hydrogen) atoms. The number of carbonyl (C=O) groups is 2. The van der Waals surface area contributed by atoms with Crippen LogP contribution in [0, 0.1) is 27.7 Å². The van der Waals surface area contributed by atoms with Crippen LogP contribution in [0.2, 0.25) is 0 Å². The van der Waals surface area contributed by atoms with E-state index in [0.29, 0.717) is 22.0 Å². The van der Waals surface area contributed by atoms with Gasteiger partial charge in [0.15, 0.2) is 0 Å². The number of anilines is 1. The average Bonchev–Trinajstić information content (AvgIpc) is 2.94. The highest BCUT2D eigenvalue weighted by Gasteiger charge is 2.21. The SMILES string of the molecule is Cc1nc(SCC(=O)Nc2c(C)n(C)n(-c3ccccc3)c2=O)c(C(N)=O)c(C)c1C. The van der Waals surface area contributed by atoms with Crippen LogP contribution in [-0.4, -0.2) is 31.9 Å². The second-order valence-corrected chi connectivity index (χ2v) is 8.23. The molecule has 0 unspecified atom stereocenters. The molecule has 0 aliphatic rings. The number of para-hydroxylation sites is 1. The van der Waals surface area contributed by atoms with Gasteiger partial charge in [-0.15, -0.1) is 0 Å². The van der Waals surface area contributed by atoms with Crippen LogP contribution >= 0.6 is 11.8 Å². The van der Waals surface area contributed by atoms with E-state index in [1.54, 1.807) is 18.7 Å². The fourth-order valence-electron chi connectivity index (χ4n) is 3.33. The predicted octanol–water partition coefficient (Wildman–Crippen LogP) is 2.63. The Morgan fingerprint density at radius 3 is 2.35 bits per heavy atom. The summed E-state index contributed by atoms with van der Waals surface area (Å²) >= 11 is 1.12. The van der Waals surface area contributed by atoms with Crippen molar-refractivity contribution < 1.29 is 9.59 Å². The first-order valence-electron chi connectivity index (χ1n) is 9.67. The normalized spacial score (nSPS) is 10.9. The second kappa shape index (κ2) is 8.81. The second-order valence-electron chi connectivity index (χ2n) is 7.26. The van der Waals surface area contributed by atoms with Crippen LogP contribution in [0.4, 0.5) is 5.69 Å². The maximum Gasteiger partial charge on any atom is 0.295 e. The fraction of sp³-hybridized carbons (Fsp3) is 0.273. The standard InChI is InChI=1S/C22H25N5O3S/c1-12-13(2)18(20(23)29)21(24-14(12)3)31-11-17(28)25-19-15(4)26(5)27(22(19)30)16-9-7-6-8-10-16/h6-10H,11H2,1-5H3,(H2,23,29)(H,25,28). The first-order chi connectivity index (χ1) is 14.6. The van der Waals surface area contributed by atoms with Gasteiger partial charge in [-0.3, -0.25) is 19.1 Å². The number of aryl methyl sites for hydroxylation is 1. The number of amides is 2. The summed E-state index contributed by atoms with van der Waals surface area (Å²) in [6.45, 7) is 7.30. The number of benzene rings is 1. The molecule has 0 aliphatic heterocycles. The molecular weight excluding hydrogens is 414 g/mol. The summed E-state index contributed by atoms with van der Waals surface area (Å²) in [7, 11) is 1.76. The summed E-state index contributed by atoms with van der Waals surface area (Å²) in [6, 6.07) is 9.19. The molecule has 0 atom stereocenters. The molecule has 0 aliphatic carbocycles. The Balaban J connectivity index is 1.84. The van der Waals surface area contributed by atoms with Gasteiger partial charge in [-0.2, -0.15) is 0 Å². The number of pyridine rings is 1. The molecule has 1 aromatic carbocycles. The summed E-state index contributed by atoms with van der Waals surface area (Å²) < 4.78 is 3.19. The minimum Gasteiger partial charge on any atom is -0.366 e. The van der Waals surface area contributed by atoms with E-state index in [9.17, 15) is 14.4 Å². The molecule has 3 aromatic rings. The first kappa shape index (κ1) is 22.4. The minimum absolute atomic E-state index is 0.0195. The molecule has 2 aromatic heterocycles. The molecule has 2 amide bonds. The van der Waals surface area contributed by atoms with Crippen molar-refractivity contribution in [3.63, 3.8) is 0 Å². The number of hydrogen-bond donors (Lipinski definition) is 2. The van der Waals surface area contributed by atoms with Crippen LogP contribution in [0.5, 0.6) is 0 Å². The van der Waals surface area contributed by atoms with Gasteiger partial charge in [0, 0.05) is 12.7 Å². The van der Waals surface area contributed by atoms with Gasteiger partial charge < -0.3 is 11.1 Å². The van der Waals surface area contributed by atoms with E-state index >= 15 is 0 Å². The van der Waals surface area contributed by atoms with Crippen LogP contribution in [0.25, 0.3) is 5.69 Å². The number of hydrogen-bond acceptors (Lipinski definition) is 5. The number of aromatic nitrogens is 3. The van der Waals surface area contributed by atoms with Gasteiger partial charge in [0.1, 0.15) is 10.7 Å². The summed E-state index contributed by atoms with van der Waals surface area (Å²) in [5.74, 6) is -0.973. The predicted molar refractivity (Wildman–Crippen MR) is 122 cm³/mol. The largest absolute Gasteiger partial charge is 0.366 e. The van der Waals surface area contributed by atoms with E-state index in [-0.39, 0.29) is 22.9 Å². The quantitative estimate of drug-likeness (QED) is 0.574. The minimum atomic E-state index is -0.583. The van der Waals surface area contributed by atoms with Crippen molar-refractivity contribution >= 4 is 29.3 Å². The van der Waals surface area contributed by atoms with Crippen molar-refractivity contribution in [3.05, 3.63) is 68.8 Å². The molecule has 2 heterocycles. The number of carbonyl (C=O) groups excluding carboxylic acids is 2. The molecule has 0 spiro atoms. The number of rotatable bonds is 6. The summed E-state index contributed by atoms with van der Waals surface area (Å²) in [5.41, 5.74) is 9.52. The van der Waals surface area contributed by atoms with Gasteiger partial charge in [0.05, 0.1) is 22.7 Å². The molecule has 0 saturated carbocycles. The maximum absolute atomic E-state index is 12.9. The highest BCUT2D eigenvalue weighted by atomic mass is 32.2. The topological polar surface area (TPSA) is 112 Å². The Kier molecular flexibility index (Phi) is 6.35. The zero-order valence-electron chi connectivity index (χ0n) is 18.1. The number of thioether (sulfide) groups is 1. The van der Waals surface area contributed by atoms with Crippen LogP contribution < -0.4 is 16.6 Å². The van der Waals surface area contributed by atoms with Crippen molar-refractivity contribution in [1.29, 1.82) is 0 Å². The highest BCUT2D eigenvalue weighted by molar-refractivity contribution is 8.00. The molecule has 0 bridgehead atoms. The smallest absolute Gasteiger partial charge is 0.295 e. The lowest BCUT2D eigenvalue weighted by molar-refractivity contribution is -0.113. The van der Waals surface area contributed by atoms with E-state index in [1.807, 2.05) is 51.1 Å². The maximum atomic E-state index is 12.9. The van der Waals surface area contributed by atoms with Gasteiger partial charge in [-0.1, -0.05) is 30.0 Å². The molecule has 0 radical (unpaired) electrons. The Morgan fingerprint density at radius 1 is 1.10 bits per heavy atom. The fourth-order valence-corrected chi connectivity index (χ4v) is 4.27. The van der Waals surface area contributed by atoms with Crippen molar-refractivity contribution in [3.8, 4) is 5.69 Å². The van der Waals surface area contributed by atoms with Crippen molar-refractivity contribution in [2.24, 2.45) is 12.8 Å². The number of nitrogens with zero attached hydrogens (tertiary/aromatic N) is 3. The summed E-state index contributed by atoms with van der Waals surface area (Å²) in [5, 5.41) is 3.12. The van der Waals surface area contributed by atoms with Gasteiger partial charge in [-0.05, 0) is 51.0 Å². The third kappa shape index (κ3) is 4.27. The lowest BCUT2D eigenvalue weighted by Crippen LogP contribution is -2.24. The van der Waals surface area contributed by atoms with Crippen LogP contribution in [0.15, 0.2) is 40.2 Å². The Hall–Kier alpha value is -3.33. The first-order valence-corrected chi connectivity index (χ1v) is 10.7. The lowest BCUT2D eigenvalue weighted by atomic mass is 10.0. The molecule has 3 rings (SSSR count). The summed E-state index contributed by atoms with van der Waals surface area (Å²) in [6.07, 6.45) is 0. The van der Waals surface area contributed by atoms with E-state index in [2.05, 4.69) is 10.3 Å². The van der Waals surface area contributed by atoms with Gasteiger partial charge >= 0.3 is 0 Å². The van der Waals surface area contributed by atoms with Crippen molar-refractivity contribution in [2.45, 2.75) is 32.7 Å². The van der Waals surface area contributed by atoms with Gasteiger partial charge in [0.2, 0.25) is 5.91 Å². The molecule has 0 saturated heterocycles. The monoisotopic (exact) mass is 439 g/mol. The Labute approximate surface area is 184 Å². The molecule has 9 heteroatoms. The third-order valence-electron chi connectivity index (χ3n) is 5.37. The van der Waals surface area contributed by atoms with Crippen LogP contribution in [0.3, 0.4) is 0 Å². The van der Waals surface area contributed by atoms with Crippen molar-refractivity contribution in [2.75, 3.05) is 11.1 Å². The summed E-state index contributed by atoms with van der Waals surface area (Å²) in [4.78, 5) is 41.9.